The van der Waals surface area contributed by atoms with Crippen molar-refractivity contribution in [3.05, 3.63) is 16.1 Å². The Labute approximate surface area is 157 Å². The molecule has 4 rings (SSSR count). The number of ether oxygens (including phenoxy) is 1. The molecule has 0 aliphatic carbocycles. The molecule has 1 N–H and O–H groups in total. The van der Waals surface area contributed by atoms with E-state index < -0.39 is 10.2 Å². The summed E-state index contributed by atoms with van der Waals surface area (Å²) in [5.41, 5.74) is 0.0508. The highest BCUT2D eigenvalue weighted by molar-refractivity contribution is 7.86. The fourth-order valence-corrected chi connectivity index (χ4v) is 6.38. The summed E-state index contributed by atoms with van der Waals surface area (Å²) in [6.45, 7) is 3.22. The maximum absolute atomic E-state index is 12.5. The summed E-state index contributed by atoms with van der Waals surface area (Å²) in [5.74, 6) is 0.0742. The third-order valence-electron chi connectivity index (χ3n) is 5.89. The van der Waals surface area contributed by atoms with Gasteiger partial charge in [0.1, 0.15) is 5.69 Å². The smallest absolute Gasteiger partial charge is 0.281 e. The lowest BCUT2D eigenvalue weighted by Crippen LogP contribution is -2.42. The predicted molar refractivity (Wildman–Crippen MR) is 97.2 cm³/mol. The number of carbonyl (C=O) groups excluding carboxylic acids is 1. The molecule has 10 heteroatoms. The van der Waals surface area contributed by atoms with Crippen LogP contribution in [0.1, 0.15) is 28.3 Å². The molecule has 4 heterocycles. The Morgan fingerprint density at radius 1 is 1.54 bits per heavy atom. The van der Waals surface area contributed by atoms with Crippen molar-refractivity contribution in [2.24, 2.45) is 11.8 Å². The Morgan fingerprint density at radius 3 is 2.96 bits per heavy atom. The van der Waals surface area contributed by atoms with Crippen LogP contribution in [-0.2, 0) is 14.9 Å². The van der Waals surface area contributed by atoms with Crippen molar-refractivity contribution in [1.29, 1.82) is 0 Å². The predicted octanol–water partition coefficient (Wildman–Crippen LogP) is 0.467. The molecule has 0 aromatic carbocycles. The molecule has 4 atom stereocenters. The maximum atomic E-state index is 12.5. The van der Waals surface area contributed by atoms with Crippen LogP contribution in [0.25, 0.3) is 0 Å². The molecule has 3 fully saturated rings. The largest absolute Gasteiger partial charge is 0.370 e. The lowest BCUT2D eigenvalue weighted by atomic mass is 9.73. The minimum atomic E-state index is -3.45. The topological polar surface area (TPSA) is 91.8 Å². The quantitative estimate of drug-likeness (QED) is 0.776. The molecular weight excluding hydrogens is 376 g/mol. The van der Waals surface area contributed by atoms with Gasteiger partial charge in [0.05, 0.1) is 16.7 Å². The monoisotopic (exact) mass is 400 g/mol. The molecule has 8 nitrogen and oxygen atoms in total. The van der Waals surface area contributed by atoms with Crippen molar-refractivity contribution in [2.45, 2.75) is 31.5 Å². The van der Waals surface area contributed by atoms with Gasteiger partial charge in [-0.25, -0.2) is 4.98 Å². The van der Waals surface area contributed by atoms with Gasteiger partial charge in [-0.15, -0.1) is 11.3 Å². The Kier molecular flexibility index (Phi) is 4.39. The lowest BCUT2D eigenvalue weighted by molar-refractivity contribution is 0.00774. The van der Waals surface area contributed by atoms with Crippen LogP contribution in [0.15, 0.2) is 5.38 Å². The van der Waals surface area contributed by atoms with Crippen LogP contribution in [0.5, 0.6) is 0 Å². The van der Waals surface area contributed by atoms with Crippen LogP contribution in [0.3, 0.4) is 0 Å². The molecular formula is C16H24N4O4S2. The van der Waals surface area contributed by atoms with Crippen molar-refractivity contribution in [3.63, 3.8) is 0 Å². The minimum Gasteiger partial charge on any atom is -0.370 e. The third kappa shape index (κ3) is 2.78. The highest BCUT2D eigenvalue weighted by Gasteiger charge is 2.64. The number of nitrogens with one attached hydrogen (secondary N) is 1. The second-order valence-corrected chi connectivity index (χ2v) is 10.8. The maximum Gasteiger partial charge on any atom is 0.281 e. The average molecular weight is 401 g/mol. The number of aryl methyl sites for hydroxylation is 1. The van der Waals surface area contributed by atoms with Gasteiger partial charge in [0.2, 0.25) is 0 Å². The molecule has 1 aromatic rings. The van der Waals surface area contributed by atoms with E-state index in [0.717, 1.165) is 17.8 Å². The Hall–Kier alpha value is -1.07. The summed E-state index contributed by atoms with van der Waals surface area (Å²) in [6, 6.07) is 0. The number of amides is 1. The highest BCUT2D eigenvalue weighted by Crippen LogP contribution is 2.55. The fourth-order valence-electron chi connectivity index (χ4n) is 4.60. The molecule has 1 aromatic heterocycles. The van der Waals surface area contributed by atoms with Crippen LogP contribution in [0.2, 0.25) is 0 Å². The van der Waals surface area contributed by atoms with Crippen LogP contribution < -0.4 is 5.32 Å². The van der Waals surface area contributed by atoms with E-state index >= 15 is 0 Å². The van der Waals surface area contributed by atoms with Gasteiger partial charge in [-0.2, -0.15) is 17.0 Å². The first-order valence-corrected chi connectivity index (χ1v) is 11.1. The first-order chi connectivity index (χ1) is 12.2. The van der Waals surface area contributed by atoms with E-state index in [4.69, 9.17) is 4.74 Å². The van der Waals surface area contributed by atoms with Gasteiger partial charge in [-0.1, -0.05) is 0 Å². The van der Waals surface area contributed by atoms with Gasteiger partial charge >= 0.3 is 0 Å². The first-order valence-electron chi connectivity index (χ1n) is 8.79. The molecule has 1 spiro atoms. The van der Waals surface area contributed by atoms with Gasteiger partial charge in [0, 0.05) is 50.9 Å². The van der Waals surface area contributed by atoms with Gasteiger partial charge in [0.15, 0.2) is 0 Å². The number of fused-ring (bicyclic) bond motifs is 1. The van der Waals surface area contributed by atoms with Gasteiger partial charge < -0.3 is 10.1 Å². The zero-order valence-electron chi connectivity index (χ0n) is 15.1. The van der Waals surface area contributed by atoms with Crippen molar-refractivity contribution in [2.75, 3.05) is 33.7 Å². The normalized spacial score (nSPS) is 33.8. The standard InChI is InChI=1S/C16H24N4O4S2/c1-10-18-13(8-25-10)15(21)17-6-11-12-7-20(26(22,23)19(2)3)9-16(12)5-4-14(11)24-16/h8,11-12,14H,4-7,9H2,1-3H3,(H,17,21)/t11-,12+,14+,16+/m0/s1. The van der Waals surface area contributed by atoms with Crippen molar-refractivity contribution in [3.8, 4) is 0 Å². The first kappa shape index (κ1) is 18.3. The molecule has 144 valence electrons. The SMILES string of the molecule is Cc1nc(C(=O)NC[C@H]2[C@H]3CN(S(=O)(=O)N(C)C)C[C@]34CC[C@H]2O4)cs1. The number of nitrogens with zero attached hydrogens (tertiary/aromatic N) is 3. The molecule has 3 saturated heterocycles. The summed E-state index contributed by atoms with van der Waals surface area (Å²) in [5, 5.41) is 5.58. The molecule has 1 amide bonds. The number of thiazole rings is 1. The Balaban J connectivity index is 1.46. The lowest BCUT2D eigenvalue weighted by Gasteiger charge is -2.29. The summed E-state index contributed by atoms with van der Waals surface area (Å²) in [7, 11) is -0.355. The number of rotatable bonds is 5. The van der Waals surface area contributed by atoms with Crippen LogP contribution in [-0.4, -0.2) is 73.4 Å². The van der Waals surface area contributed by atoms with Crippen LogP contribution in [0.4, 0.5) is 0 Å². The Bertz CT molecular complexity index is 824. The van der Waals surface area contributed by atoms with E-state index in [9.17, 15) is 13.2 Å². The number of aromatic nitrogens is 1. The summed E-state index contributed by atoms with van der Waals surface area (Å²) >= 11 is 1.45. The minimum absolute atomic E-state index is 0.0988. The molecule has 3 aliphatic rings. The van der Waals surface area contributed by atoms with E-state index in [0.29, 0.717) is 25.3 Å². The van der Waals surface area contributed by atoms with E-state index in [2.05, 4.69) is 10.3 Å². The summed E-state index contributed by atoms with van der Waals surface area (Å²) < 4.78 is 34.1. The summed E-state index contributed by atoms with van der Waals surface area (Å²) in [6.07, 6.45) is 1.90. The number of hydrogen-bond donors (Lipinski definition) is 1. The number of carbonyl (C=O) groups is 1. The molecule has 3 aliphatic heterocycles. The highest BCUT2D eigenvalue weighted by atomic mass is 32.2. The second-order valence-electron chi connectivity index (χ2n) is 7.57. The molecule has 0 radical (unpaired) electrons. The van der Waals surface area contributed by atoms with Gasteiger partial charge in [-0.3, -0.25) is 4.79 Å². The van der Waals surface area contributed by atoms with Gasteiger partial charge in [0.25, 0.3) is 16.1 Å². The fraction of sp³-hybridized carbons (Fsp3) is 0.750. The van der Waals surface area contributed by atoms with Crippen molar-refractivity contribution >= 4 is 27.5 Å². The van der Waals surface area contributed by atoms with E-state index in [1.54, 1.807) is 19.5 Å². The average Bonchev–Trinajstić information content (AvgIpc) is 3.31. The van der Waals surface area contributed by atoms with E-state index in [1.165, 1.54) is 19.9 Å². The second kappa shape index (κ2) is 6.23. The summed E-state index contributed by atoms with van der Waals surface area (Å²) in [4.78, 5) is 16.5. The zero-order chi connectivity index (χ0) is 18.7. The van der Waals surface area contributed by atoms with E-state index in [1.807, 2.05) is 6.92 Å². The zero-order valence-corrected chi connectivity index (χ0v) is 16.8. The molecule has 0 unspecified atom stereocenters. The number of hydrogen-bond acceptors (Lipinski definition) is 6. The molecule has 2 bridgehead atoms. The van der Waals surface area contributed by atoms with Crippen molar-refractivity contribution < 1.29 is 17.9 Å². The third-order valence-corrected chi connectivity index (χ3v) is 8.52. The molecule has 0 saturated carbocycles. The molecule has 26 heavy (non-hydrogen) atoms. The Morgan fingerprint density at radius 2 is 2.31 bits per heavy atom. The van der Waals surface area contributed by atoms with Gasteiger partial charge in [-0.05, 0) is 19.8 Å². The van der Waals surface area contributed by atoms with Crippen LogP contribution >= 0.6 is 11.3 Å². The van der Waals surface area contributed by atoms with E-state index in [-0.39, 0.29) is 29.4 Å². The van der Waals surface area contributed by atoms with Crippen molar-refractivity contribution in [1.82, 2.24) is 18.9 Å². The van der Waals surface area contributed by atoms with Crippen LogP contribution in [0, 0.1) is 18.8 Å².